The van der Waals surface area contributed by atoms with Crippen molar-refractivity contribution in [2.45, 2.75) is 25.4 Å². The van der Waals surface area contributed by atoms with Gasteiger partial charge in [-0.3, -0.25) is 0 Å². The van der Waals surface area contributed by atoms with Gasteiger partial charge in [0.2, 0.25) is 0 Å². The van der Waals surface area contributed by atoms with Crippen LogP contribution < -0.4 is 0 Å². The van der Waals surface area contributed by atoms with Gasteiger partial charge in [-0.05, 0) is 48.4 Å². The molecule has 1 nitrogen and oxygen atoms in total. The minimum Gasteiger partial charge on any atom is -0.388 e. The van der Waals surface area contributed by atoms with Gasteiger partial charge < -0.3 is 5.11 Å². The monoisotopic (exact) mass is 250 g/mol. The first-order valence-corrected chi connectivity index (χ1v) is 6.59. The van der Waals surface area contributed by atoms with Crippen molar-refractivity contribution in [2.75, 3.05) is 0 Å². The normalized spacial score (nSPS) is 12.6. The van der Waals surface area contributed by atoms with E-state index in [1.807, 2.05) is 6.07 Å². The van der Waals surface area contributed by atoms with Crippen LogP contribution >= 0.6 is 11.3 Å². The van der Waals surface area contributed by atoms with Crippen molar-refractivity contribution < 1.29 is 9.50 Å². The van der Waals surface area contributed by atoms with Crippen LogP contribution in [0.3, 0.4) is 0 Å². The van der Waals surface area contributed by atoms with Crippen molar-refractivity contribution in [2.24, 2.45) is 0 Å². The first-order valence-electron chi connectivity index (χ1n) is 5.71. The summed E-state index contributed by atoms with van der Waals surface area (Å²) in [4.78, 5) is 1.33. The molecule has 1 unspecified atom stereocenters. The summed E-state index contributed by atoms with van der Waals surface area (Å²) in [5, 5.41) is 12.0. The van der Waals surface area contributed by atoms with Crippen LogP contribution in [0, 0.1) is 5.82 Å². The van der Waals surface area contributed by atoms with Gasteiger partial charge in [0.25, 0.3) is 0 Å². The molecule has 17 heavy (non-hydrogen) atoms. The zero-order valence-corrected chi connectivity index (χ0v) is 10.3. The molecule has 1 aromatic heterocycles. The molecule has 0 aliphatic carbocycles. The van der Waals surface area contributed by atoms with E-state index in [0.717, 1.165) is 12.8 Å². The predicted octanol–water partition coefficient (Wildman–Crippen LogP) is 3.94. The highest BCUT2D eigenvalue weighted by atomic mass is 32.1. The fourth-order valence-electron chi connectivity index (χ4n) is 1.81. The van der Waals surface area contributed by atoms with Crippen LogP contribution in [0.1, 0.15) is 29.4 Å². The van der Waals surface area contributed by atoms with Gasteiger partial charge in [-0.15, -0.1) is 11.3 Å². The quantitative estimate of drug-likeness (QED) is 0.852. The van der Waals surface area contributed by atoms with E-state index in [0.29, 0.717) is 12.0 Å². The first kappa shape index (κ1) is 12.3. The Bertz CT molecular complexity index is 453. The third-order valence-corrected chi connectivity index (χ3v) is 3.65. The van der Waals surface area contributed by atoms with Gasteiger partial charge in [0.05, 0.1) is 6.10 Å². The SMILES string of the molecule is OC(CCCc1cccs1)c1cccc(F)c1. The summed E-state index contributed by atoms with van der Waals surface area (Å²) in [7, 11) is 0. The molecule has 2 aromatic rings. The number of benzene rings is 1. The van der Waals surface area contributed by atoms with E-state index in [2.05, 4.69) is 11.4 Å². The Balaban J connectivity index is 1.83. The van der Waals surface area contributed by atoms with Crippen LogP contribution in [-0.4, -0.2) is 5.11 Å². The standard InChI is InChI=1S/C14H15FOS/c15-12-5-1-4-11(10-12)14(16)8-2-6-13-7-3-9-17-13/h1,3-5,7,9-10,14,16H,2,6,8H2. The molecule has 0 bridgehead atoms. The largest absolute Gasteiger partial charge is 0.388 e. The molecule has 2 rings (SSSR count). The van der Waals surface area contributed by atoms with Crippen molar-refractivity contribution in [3.63, 3.8) is 0 Å². The van der Waals surface area contributed by atoms with Gasteiger partial charge in [-0.1, -0.05) is 18.2 Å². The summed E-state index contributed by atoms with van der Waals surface area (Å²) in [5.41, 5.74) is 0.663. The van der Waals surface area contributed by atoms with E-state index in [1.165, 1.54) is 17.0 Å². The number of aliphatic hydroxyl groups excluding tert-OH is 1. The maximum Gasteiger partial charge on any atom is 0.123 e. The van der Waals surface area contributed by atoms with Crippen molar-refractivity contribution in [3.8, 4) is 0 Å². The van der Waals surface area contributed by atoms with Gasteiger partial charge in [0.15, 0.2) is 0 Å². The fourth-order valence-corrected chi connectivity index (χ4v) is 2.56. The van der Waals surface area contributed by atoms with Crippen LogP contribution in [0.25, 0.3) is 0 Å². The third-order valence-electron chi connectivity index (χ3n) is 2.71. The lowest BCUT2D eigenvalue weighted by Crippen LogP contribution is -1.98. The highest BCUT2D eigenvalue weighted by Crippen LogP contribution is 2.21. The van der Waals surface area contributed by atoms with Gasteiger partial charge in [-0.2, -0.15) is 0 Å². The van der Waals surface area contributed by atoms with Gasteiger partial charge in [0.1, 0.15) is 5.82 Å². The van der Waals surface area contributed by atoms with E-state index in [9.17, 15) is 9.50 Å². The average Bonchev–Trinajstić information content (AvgIpc) is 2.82. The zero-order chi connectivity index (χ0) is 12.1. The van der Waals surface area contributed by atoms with E-state index in [1.54, 1.807) is 23.5 Å². The minimum atomic E-state index is -0.564. The molecule has 1 N–H and O–H groups in total. The van der Waals surface area contributed by atoms with E-state index < -0.39 is 6.10 Å². The molecule has 0 fully saturated rings. The molecule has 1 atom stereocenters. The second-order valence-electron chi connectivity index (χ2n) is 4.04. The molecule has 0 radical (unpaired) electrons. The van der Waals surface area contributed by atoms with Crippen molar-refractivity contribution >= 4 is 11.3 Å². The topological polar surface area (TPSA) is 20.2 Å². The van der Waals surface area contributed by atoms with Gasteiger partial charge in [-0.25, -0.2) is 4.39 Å². The number of aliphatic hydroxyl groups is 1. The minimum absolute atomic E-state index is 0.292. The van der Waals surface area contributed by atoms with Gasteiger partial charge in [0, 0.05) is 4.88 Å². The second kappa shape index (κ2) is 5.94. The van der Waals surface area contributed by atoms with E-state index in [4.69, 9.17) is 0 Å². The maximum absolute atomic E-state index is 13.0. The van der Waals surface area contributed by atoms with Crippen molar-refractivity contribution in [1.29, 1.82) is 0 Å². The molecular weight excluding hydrogens is 235 g/mol. The number of aryl methyl sites for hydroxylation is 1. The Hall–Kier alpha value is -1.19. The number of thiophene rings is 1. The Morgan fingerprint density at radius 1 is 1.24 bits per heavy atom. The van der Waals surface area contributed by atoms with Crippen molar-refractivity contribution in [1.82, 2.24) is 0 Å². The molecule has 0 aliphatic rings. The molecule has 0 aliphatic heterocycles. The summed E-state index contributed by atoms with van der Waals surface area (Å²) in [6.45, 7) is 0. The first-order chi connectivity index (χ1) is 8.25. The lowest BCUT2D eigenvalue weighted by molar-refractivity contribution is 0.164. The highest BCUT2D eigenvalue weighted by Gasteiger charge is 2.08. The lowest BCUT2D eigenvalue weighted by atomic mass is 10.0. The number of halogens is 1. The van der Waals surface area contributed by atoms with Gasteiger partial charge >= 0.3 is 0 Å². The van der Waals surface area contributed by atoms with E-state index >= 15 is 0 Å². The average molecular weight is 250 g/mol. The summed E-state index contributed by atoms with van der Waals surface area (Å²) in [6.07, 6.45) is 1.99. The smallest absolute Gasteiger partial charge is 0.123 e. The molecule has 0 saturated heterocycles. The zero-order valence-electron chi connectivity index (χ0n) is 9.47. The molecule has 1 aromatic carbocycles. The summed E-state index contributed by atoms with van der Waals surface area (Å²) in [6, 6.07) is 10.3. The number of rotatable bonds is 5. The Kier molecular flexibility index (Phi) is 4.29. The summed E-state index contributed by atoms with van der Waals surface area (Å²) >= 11 is 1.73. The molecular formula is C14H15FOS. The highest BCUT2D eigenvalue weighted by molar-refractivity contribution is 7.09. The number of hydrogen-bond donors (Lipinski definition) is 1. The Morgan fingerprint density at radius 2 is 2.12 bits per heavy atom. The Labute approximate surface area is 105 Å². The maximum atomic E-state index is 13.0. The molecule has 0 amide bonds. The van der Waals surface area contributed by atoms with Crippen LogP contribution in [-0.2, 0) is 6.42 Å². The predicted molar refractivity (Wildman–Crippen MR) is 68.6 cm³/mol. The van der Waals surface area contributed by atoms with Crippen LogP contribution in [0.4, 0.5) is 4.39 Å². The van der Waals surface area contributed by atoms with E-state index in [-0.39, 0.29) is 5.82 Å². The second-order valence-corrected chi connectivity index (χ2v) is 5.07. The molecule has 3 heteroatoms. The molecule has 90 valence electrons. The summed E-state index contributed by atoms with van der Waals surface area (Å²) in [5.74, 6) is -0.292. The van der Waals surface area contributed by atoms with Crippen LogP contribution in [0.5, 0.6) is 0 Å². The Morgan fingerprint density at radius 3 is 2.82 bits per heavy atom. The molecule has 0 spiro atoms. The number of hydrogen-bond acceptors (Lipinski definition) is 2. The molecule has 1 heterocycles. The molecule has 0 saturated carbocycles. The van der Waals surface area contributed by atoms with Crippen LogP contribution in [0.2, 0.25) is 0 Å². The van der Waals surface area contributed by atoms with Crippen molar-refractivity contribution in [3.05, 3.63) is 58.0 Å². The summed E-state index contributed by atoms with van der Waals surface area (Å²) < 4.78 is 13.0. The third kappa shape index (κ3) is 3.65. The fraction of sp³-hybridized carbons (Fsp3) is 0.286. The van der Waals surface area contributed by atoms with Crippen LogP contribution in [0.15, 0.2) is 41.8 Å². The lowest BCUT2D eigenvalue weighted by Gasteiger charge is -2.10.